The van der Waals surface area contributed by atoms with Crippen molar-refractivity contribution in [2.24, 2.45) is 0 Å². The van der Waals surface area contributed by atoms with Crippen molar-refractivity contribution in [2.75, 3.05) is 0 Å². The van der Waals surface area contributed by atoms with E-state index in [4.69, 9.17) is 0 Å². The van der Waals surface area contributed by atoms with Crippen molar-refractivity contribution < 1.29 is 30.7 Å². The number of halogens is 7. The molecule has 3 aromatic carbocycles. The van der Waals surface area contributed by atoms with Crippen LogP contribution in [0.4, 0.5) is 30.7 Å². The molecule has 0 atom stereocenters. The molecule has 0 nitrogen and oxygen atoms in total. The highest BCUT2D eigenvalue weighted by atomic mass is 19.4. The number of fused-ring (bicyclic) bond motifs is 1. The second-order valence-corrected chi connectivity index (χ2v) is 8.30. The summed E-state index contributed by atoms with van der Waals surface area (Å²) in [5.41, 5.74) is -0.922. The van der Waals surface area contributed by atoms with E-state index in [0.29, 0.717) is 23.6 Å². The molecule has 3 aromatic rings. The molecule has 33 heavy (non-hydrogen) atoms. The molecule has 0 amide bonds. The highest BCUT2D eigenvalue weighted by Gasteiger charge is 2.38. The fourth-order valence-corrected chi connectivity index (χ4v) is 4.04. The van der Waals surface area contributed by atoms with E-state index < -0.39 is 35.0 Å². The standard InChI is InChI=1S/C26H25F7/c1-2-3-4-5-6-7-17-13-21(27)20(22(28)14-17)11-9-16-8-10-19-18(12-16)15-23(29)24(25(19)30)26(31,32)33/h8,10,12-15H,2-7,9,11H2,1H3. The maximum Gasteiger partial charge on any atom is 0.422 e. The Morgan fingerprint density at radius 1 is 0.667 bits per heavy atom. The van der Waals surface area contributed by atoms with Gasteiger partial charge in [-0.1, -0.05) is 50.8 Å². The van der Waals surface area contributed by atoms with Gasteiger partial charge in [-0.2, -0.15) is 13.2 Å². The molecule has 178 valence electrons. The summed E-state index contributed by atoms with van der Waals surface area (Å²) in [6, 6.07) is 7.14. The molecule has 7 heteroatoms. The average Bonchev–Trinajstić information content (AvgIpc) is 2.71. The molecular weight excluding hydrogens is 445 g/mol. The summed E-state index contributed by atoms with van der Waals surface area (Å²) in [5.74, 6) is -4.67. The number of rotatable bonds is 9. The molecular formula is C26H25F7. The monoisotopic (exact) mass is 470 g/mol. The van der Waals surface area contributed by atoms with Crippen LogP contribution < -0.4 is 0 Å². The third-order valence-corrected chi connectivity index (χ3v) is 5.81. The third-order valence-electron chi connectivity index (χ3n) is 5.81. The first-order valence-electron chi connectivity index (χ1n) is 11.1. The Bertz CT molecular complexity index is 1090. The van der Waals surface area contributed by atoms with Gasteiger partial charge in [0, 0.05) is 10.9 Å². The lowest BCUT2D eigenvalue weighted by Gasteiger charge is -2.13. The summed E-state index contributed by atoms with van der Waals surface area (Å²) in [6.07, 6.45) is 0.821. The second kappa shape index (κ2) is 10.6. The van der Waals surface area contributed by atoms with Crippen LogP contribution in [0.1, 0.15) is 61.3 Å². The highest BCUT2D eigenvalue weighted by molar-refractivity contribution is 5.85. The number of hydrogen-bond donors (Lipinski definition) is 0. The summed E-state index contributed by atoms with van der Waals surface area (Å²) in [4.78, 5) is 0. The Balaban J connectivity index is 1.73. The number of unbranched alkanes of at least 4 members (excludes halogenated alkanes) is 4. The van der Waals surface area contributed by atoms with Gasteiger partial charge in [-0.05, 0) is 60.4 Å². The summed E-state index contributed by atoms with van der Waals surface area (Å²) in [7, 11) is 0. The van der Waals surface area contributed by atoms with Gasteiger partial charge < -0.3 is 0 Å². The zero-order valence-corrected chi connectivity index (χ0v) is 18.3. The Hall–Kier alpha value is -2.57. The minimum atomic E-state index is -5.16. The predicted molar refractivity (Wildman–Crippen MR) is 115 cm³/mol. The SMILES string of the molecule is CCCCCCCc1cc(F)c(CCc2ccc3c(F)c(C(F)(F)F)c(F)cc3c2)c(F)c1. The van der Waals surface area contributed by atoms with Crippen LogP contribution in [0.2, 0.25) is 0 Å². The predicted octanol–water partition coefficient (Wildman–Crippen LogP) is 8.71. The van der Waals surface area contributed by atoms with Crippen LogP contribution in [-0.4, -0.2) is 0 Å². The Morgan fingerprint density at radius 2 is 1.33 bits per heavy atom. The van der Waals surface area contributed by atoms with E-state index >= 15 is 0 Å². The van der Waals surface area contributed by atoms with Crippen LogP contribution in [0, 0.1) is 23.3 Å². The fraction of sp³-hybridized carbons (Fsp3) is 0.385. The lowest BCUT2D eigenvalue weighted by molar-refractivity contribution is -0.142. The van der Waals surface area contributed by atoms with Gasteiger partial charge in [0.05, 0.1) is 0 Å². The Morgan fingerprint density at radius 3 is 1.97 bits per heavy atom. The van der Waals surface area contributed by atoms with Gasteiger partial charge in [0.25, 0.3) is 0 Å². The number of aryl methyl sites for hydroxylation is 2. The van der Waals surface area contributed by atoms with E-state index in [0.717, 1.165) is 38.2 Å². The van der Waals surface area contributed by atoms with Crippen molar-refractivity contribution in [1.29, 1.82) is 0 Å². The van der Waals surface area contributed by atoms with Crippen molar-refractivity contribution in [3.63, 3.8) is 0 Å². The van der Waals surface area contributed by atoms with Gasteiger partial charge >= 0.3 is 6.18 Å². The second-order valence-electron chi connectivity index (χ2n) is 8.30. The zero-order valence-electron chi connectivity index (χ0n) is 18.3. The van der Waals surface area contributed by atoms with Gasteiger partial charge in [0.1, 0.15) is 28.8 Å². The Kier molecular flexibility index (Phi) is 8.03. The van der Waals surface area contributed by atoms with E-state index in [-0.39, 0.29) is 29.2 Å². The molecule has 0 saturated heterocycles. The highest BCUT2D eigenvalue weighted by Crippen LogP contribution is 2.37. The molecule has 0 fully saturated rings. The van der Waals surface area contributed by atoms with Crippen LogP contribution in [0.15, 0.2) is 36.4 Å². The first-order chi connectivity index (χ1) is 15.6. The minimum Gasteiger partial charge on any atom is -0.207 e. The summed E-state index contributed by atoms with van der Waals surface area (Å²) < 4.78 is 95.8. The molecule has 0 unspecified atom stereocenters. The quantitative estimate of drug-likeness (QED) is 0.217. The molecule has 0 aliphatic carbocycles. The normalized spacial score (nSPS) is 12.0. The largest absolute Gasteiger partial charge is 0.422 e. The molecule has 0 aromatic heterocycles. The topological polar surface area (TPSA) is 0 Å². The van der Waals surface area contributed by atoms with Gasteiger partial charge in [0.15, 0.2) is 0 Å². The summed E-state index contributed by atoms with van der Waals surface area (Å²) in [6.45, 7) is 2.11. The van der Waals surface area contributed by atoms with E-state index in [1.54, 1.807) is 0 Å². The summed E-state index contributed by atoms with van der Waals surface area (Å²) >= 11 is 0. The van der Waals surface area contributed by atoms with Crippen molar-refractivity contribution in [3.05, 3.63) is 81.9 Å². The zero-order chi connectivity index (χ0) is 24.2. The van der Waals surface area contributed by atoms with Gasteiger partial charge in [-0.3, -0.25) is 0 Å². The van der Waals surface area contributed by atoms with Gasteiger partial charge in [0.2, 0.25) is 0 Å². The molecule has 0 aliphatic rings. The van der Waals surface area contributed by atoms with E-state index in [9.17, 15) is 30.7 Å². The van der Waals surface area contributed by atoms with Crippen LogP contribution >= 0.6 is 0 Å². The van der Waals surface area contributed by atoms with Crippen molar-refractivity contribution in [3.8, 4) is 0 Å². The molecule has 0 radical (unpaired) electrons. The van der Waals surface area contributed by atoms with E-state index in [1.807, 2.05) is 0 Å². The first kappa shape index (κ1) is 25.1. The van der Waals surface area contributed by atoms with Crippen molar-refractivity contribution in [2.45, 2.75) is 64.5 Å². The molecule has 0 saturated carbocycles. The van der Waals surface area contributed by atoms with Gasteiger partial charge in [-0.15, -0.1) is 0 Å². The van der Waals surface area contributed by atoms with Crippen LogP contribution in [0.25, 0.3) is 10.8 Å². The van der Waals surface area contributed by atoms with E-state index in [1.165, 1.54) is 24.3 Å². The third kappa shape index (κ3) is 6.06. The lowest BCUT2D eigenvalue weighted by Crippen LogP contribution is -2.11. The molecule has 0 N–H and O–H groups in total. The smallest absolute Gasteiger partial charge is 0.207 e. The van der Waals surface area contributed by atoms with Crippen LogP contribution in [-0.2, 0) is 25.4 Å². The first-order valence-corrected chi connectivity index (χ1v) is 11.1. The van der Waals surface area contributed by atoms with Crippen molar-refractivity contribution >= 4 is 10.8 Å². The molecule has 0 bridgehead atoms. The van der Waals surface area contributed by atoms with Crippen LogP contribution in [0.5, 0.6) is 0 Å². The van der Waals surface area contributed by atoms with Crippen LogP contribution in [0.3, 0.4) is 0 Å². The fourth-order valence-electron chi connectivity index (χ4n) is 4.04. The van der Waals surface area contributed by atoms with Gasteiger partial charge in [-0.25, -0.2) is 17.6 Å². The van der Waals surface area contributed by atoms with E-state index in [2.05, 4.69) is 6.92 Å². The maximum absolute atomic E-state index is 14.5. The maximum atomic E-state index is 14.5. The number of alkyl halides is 3. The van der Waals surface area contributed by atoms with Crippen molar-refractivity contribution in [1.82, 2.24) is 0 Å². The Labute approximate surface area is 188 Å². The number of hydrogen-bond acceptors (Lipinski definition) is 0. The lowest BCUT2D eigenvalue weighted by atomic mass is 9.97. The average molecular weight is 470 g/mol. The molecule has 3 rings (SSSR count). The number of benzene rings is 3. The molecule has 0 spiro atoms. The molecule has 0 aliphatic heterocycles. The molecule has 0 heterocycles. The minimum absolute atomic E-state index is 0.00551. The summed E-state index contributed by atoms with van der Waals surface area (Å²) in [5, 5.41) is -0.414.